The van der Waals surface area contributed by atoms with Crippen LogP contribution in [0.15, 0.2) is 42.0 Å². The number of hydrogen-bond donors (Lipinski definition) is 0. The van der Waals surface area contributed by atoms with Crippen LogP contribution < -0.4 is 4.74 Å². The minimum atomic E-state index is 0.123. The summed E-state index contributed by atoms with van der Waals surface area (Å²) in [6.45, 7) is 13.9. The van der Waals surface area contributed by atoms with Gasteiger partial charge in [0.25, 0.3) is 0 Å². The quantitative estimate of drug-likeness (QED) is 0.630. The lowest BCUT2D eigenvalue weighted by Gasteiger charge is -2.15. The molecule has 1 atom stereocenters. The van der Waals surface area contributed by atoms with E-state index in [2.05, 4.69) is 45.1 Å². The van der Waals surface area contributed by atoms with Crippen LogP contribution in [0.2, 0.25) is 0 Å². The van der Waals surface area contributed by atoms with Crippen LogP contribution in [0.25, 0.3) is 5.57 Å². The molecule has 3 nitrogen and oxygen atoms in total. The number of Topliss-reactive ketones (excluding diaryl/α,β-unsaturated/α-hetero) is 1. The van der Waals surface area contributed by atoms with Crippen molar-refractivity contribution in [3.8, 4) is 5.75 Å². The summed E-state index contributed by atoms with van der Waals surface area (Å²) in [6.07, 6.45) is 8.77. The van der Waals surface area contributed by atoms with Gasteiger partial charge >= 0.3 is 0 Å². The zero-order chi connectivity index (χ0) is 20.4. The highest BCUT2D eigenvalue weighted by Gasteiger charge is 2.17. The Labute approximate surface area is 164 Å². The Balaban J connectivity index is 0.000000646. The van der Waals surface area contributed by atoms with Crippen molar-refractivity contribution >= 4 is 11.4 Å². The highest BCUT2D eigenvalue weighted by Crippen LogP contribution is 2.32. The molecule has 148 valence electrons. The average molecular weight is 371 g/mol. The Morgan fingerprint density at radius 1 is 1.07 bits per heavy atom. The molecule has 0 radical (unpaired) electrons. The van der Waals surface area contributed by atoms with Gasteiger partial charge in [-0.2, -0.15) is 0 Å². The molecule has 0 aromatic heterocycles. The lowest BCUT2D eigenvalue weighted by Crippen LogP contribution is -2.07. The normalized spacial score (nSPS) is 15.9. The molecule has 0 fully saturated rings. The van der Waals surface area contributed by atoms with Gasteiger partial charge in [-0.1, -0.05) is 38.2 Å². The molecular weight excluding hydrogens is 336 g/mol. The Morgan fingerprint density at radius 3 is 2.11 bits per heavy atom. The number of hydrogen-bond acceptors (Lipinski definition) is 3. The van der Waals surface area contributed by atoms with Gasteiger partial charge in [-0.25, -0.2) is 0 Å². The third kappa shape index (κ3) is 6.51. The van der Waals surface area contributed by atoms with E-state index in [1.54, 1.807) is 7.11 Å². The number of methoxy groups -OCH3 is 1. The second-order valence-corrected chi connectivity index (χ2v) is 6.59. The third-order valence-electron chi connectivity index (χ3n) is 4.55. The topological polar surface area (TPSA) is 35.5 Å². The van der Waals surface area contributed by atoms with Crippen LogP contribution >= 0.6 is 0 Å². The number of aryl methyl sites for hydroxylation is 2. The van der Waals surface area contributed by atoms with Crippen LogP contribution in [0, 0.1) is 19.8 Å². The largest absolute Gasteiger partial charge is 0.497 e. The first-order valence-corrected chi connectivity index (χ1v) is 9.76. The molecule has 2 rings (SSSR count). The van der Waals surface area contributed by atoms with Gasteiger partial charge in [0.15, 0.2) is 5.78 Å². The van der Waals surface area contributed by atoms with Crippen LogP contribution in [0.1, 0.15) is 50.8 Å². The smallest absolute Gasteiger partial charge is 0.159 e. The first-order valence-electron chi connectivity index (χ1n) is 9.76. The van der Waals surface area contributed by atoms with Gasteiger partial charge in [-0.15, -0.1) is 0 Å². The van der Waals surface area contributed by atoms with E-state index in [4.69, 9.17) is 9.47 Å². The molecule has 0 amide bonds. The molecule has 0 aliphatic heterocycles. The SMILES string of the molecule is CCC(=O)C1=CC=CC(c2c(C)cc(OC)cc2C)=CC1C.CCOCC. The van der Waals surface area contributed by atoms with Gasteiger partial charge in [-0.05, 0) is 62.1 Å². The first-order chi connectivity index (χ1) is 12.9. The summed E-state index contributed by atoms with van der Waals surface area (Å²) in [4.78, 5) is 12.0. The molecule has 1 aliphatic rings. The first kappa shape index (κ1) is 22.9. The van der Waals surface area contributed by atoms with E-state index in [1.807, 2.05) is 32.9 Å². The fourth-order valence-corrected chi connectivity index (χ4v) is 3.24. The predicted octanol–water partition coefficient (Wildman–Crippen LogP) is 5.85. The molecule has 1 unspecified atom stereocenters. The van der Waals surface area contributed by atoms with E-state index in [0.29, 0.717) is 6.42 Å². The second kappa shape index (κ2) is 11.6. The minimum absolute atomic E-state index is 0.123. The van der Waals surface area contributed by atoms with E-state index in [0.717, 1.165) is 24.5 Å². The second-order valence-electron chi connectivity index (χ2n) is 6.59. The molecule has 3 heteroatoms. The van der Waals surface area contributed by atoms with Gasteiger partial charge < -0.3 is 9.47 Å². The zero-order valence-corrected chi connectivity index (χ0v) is 17.9. The number of rotatable bonds is 6. The van der Waals surface area contributed by atoms with E-state index in [1.165, 1.54) is 22.3 Å². The third-order valence-corrected chi connectivity index (χ3v) is 4.55. The summed E-state index contributed by atoms with van der Waals surface area (Å²) in [6, 6.07) is 4.11. The van der Waals surface area contributed by atoms with Gasteiger partial charge in [0.1, 0.15) is 5.75 Å². The van der Waals surface area contributed by atoms with Crippen LogP contribution in [0.3, 0.4) is 0 Å². The number of ether oxygens (including phenoxy) is 2. The summed E-state index contributed by atoms with van der Waals surface area (Å²) in [7, 11) is 1.69. The molecule has 0 saturated heterocycles. The number of allylic oxidation sites excluding steroid dienone is 6. The maximum atomic E-state index is 12.0. The van der Waals surface area contributed by atoms with Crippen molar-refractivity contribution in [1.82, 2.24) is 0 Å². The summed E-state index contributed by atoms with van der Waals surface area (Å²) in [5.41, 5.74) is 5.65. The van der Waals surface area contributed by atoms with Crippen LogP contribution in [-0.4, -0.2) is 26.1 Å². The molecule has 0 N–H and O–H groups in total. The molecule has 0 bridgehead atoms. The zero-order valence-electron chi connectivity index (χ0n) is 17.9. The number of benzene rings is 1. The van der Waals surface area contributed by atoms with Gasteiger partial charge in [-0.3, -0.25) is 4.79 Å². The highest BCUT2D eigenvalue weighted by molar-refractivity contribution is 5.97. The van der Waals surface area contributed by atoms with Gasteiger partial charge in [0.2, 0.25) is 0 Å². The Morgan fingerprint density at radius 2 is 1.67 bits per heavy atom. The van der Waals surface area contributed by atoms with Crippen molar-refractivity contribution in [2.24, 2.45) is 5.92 Å². The maximum absolute atomic E-state index is 12.0. The standard InChI is InChI=1S/C20H24O2.C4H10O/c1-6-19(21)18-9-7-8-16(10-13(18)2)20-14(3)11-17(22-5)12-15(20)4;1-3-5-4-2/h7-13H,6H2,1-5H3;3-4H2,1-2H3. The van der Waals surface area contributed by atoms with Crippen molar-refractivity contribution < 1.29 is 14.3 Å². The average Bonchev–Trinajstić information content (AvgIpc) is 2.83. The van der Waals surface area contributed by atoms with Crippen LogP contribution in [-0.2, 0) is 9.53 Å². The summed E-state index contributed by atoms with van der Waals surface area (Å²) in [5, 5.41) is 0. The van der Waals surface area contributed by atoms with Crippen molar-refractivity contribution in [1.29, 1.82) is 0 Å². The van der Waals surface area contributed by atoms with Crippen molar-refractivity contribution in [3.05, 3.63) is 58.7 Å². The molecule has 1 aliphatic carbocycles. The Bertz CT molecular complexity index is 698. The van der Waals surface area contributed by atoms with Gasteiger partial charge in [0, 0.05) is 31.1 Å². The monoisotopic (exact) mass is 370 g/mol. The molecule has 1 aromatic carbocycles. The van der Waals surface area contributed by atoms with Crippen LogP contribution in [0.5, 0.6) is 5.75 Å². The van der Waals surface area contributed by atoms with E-state index in [9.17, 15) is 4.79 Å². The lowest BCUT2D eigenvalue weighted by atomic mass is 9.90. The predicted molar refractivity (Wildman–Crippen MR) is 114 cm³/mol. The molecule has 0 spiro atoms. The lowest BCUT2D eigenvalue weighted by molar-refractivity contribution is -0.115. The maximum Gasteiger partial charge on any atom is 0.159 e. The highest BCUT2D eigenvalue weighted by atomic mass is 16.5. The molecule has 0 heterocycles. The number of carbonyl (C=O) groups is 1. The van der Waals surface area contributed by atoms with Gasteiger partial charge in [0.05, 0.1) is 7.11 Å². The Hall–Kier alpha value is -2.13. The molecule has 1 aromatic rings. The van der Waals surface area contributed by atoms with Crippen LogP contribution in [0.4, 0.5) is 0 Å². The summed E-state index contributed by atoms with van der Waals surface area (Å²) in [5.74, 6) is 1.22. The minimum Gasteiger partial charge on any atom is -0.497 e. The van der Waals surface area contributed by atoms with Crippen molar-refractivity contribution in [2.45, 2.75) is 48.0 Å². The van der Waals surface area contributed by atoms with E-state index < -0.39 is 0 Å². The number of carbonyl (C=O) groups excluding carboxylic acids is 1. The molecule has 0 saturated carbocycles. The number of ketones is 1. The summed E-state index contributed by atoms with van der Waals surface area (Å²) >= 11 is 0. The molecule has 27 heavy (non-hydrogen) atoms. The van der Waals surface area contributed by atoms with E-state index in [-0.39, 0.29) is 11.7 Å². The van der Waals surface area contributed by atoms with Crippen molar-refractivity contribution in [3.63, 3.8) is 0 Å². The fourth-order valence-electron chi connectivity index (χ4n) is 3.24. The fraction of sp³-hybridized carbons (Fsp3) is 0.458. The summed E-state index contributed by atoms with van der Waals surface area (Å²) < 4.78 is 10.2. The van der Waals surface area contributed by atoms with E-state index >= 15 is 0 Å². The molecular formula is C24H34O3. The van der Waals surface area contributed by atoms with Crippen molar-refractivity contribution in [2.75, 3.05) is 20.3 Å². The Kier molecular flexibility index (Phi) is 9.81.